The van der Waals surface area contributed by atoms with E-state index in [1.165, 1.54) is 0 Å². The maximum Gasteiger partial charge on any atom is 0.150 e. The molecule has 3 nitrogen and oxygen atoms in total. The highest BCUT2D eigenvalue weighted by atomic mass is 32.2. The van der Waals surface area contributed by atoms with Gasteiger partial charge in [-0.1, -0.05) is 5.92 Å². The lowest BCUT2D eigenvalue weighted by molar-refractivity contribution is 0.319. The third-order valence-corrected chi connectivity index (χ3v) is 4.09. The fourth-order valence-electron chi connectivity index (χ4n) is 1.68. The van der Waals surface area contributed by atoms with Crippen LogP contribution in [0.2, 0.25) is 0 Å². The quantitative estimate of drug-likeness (QED) is 0.603. The second kappa shape index (κ2) is 4.12. The van der Waals surface area contributed by atoms with Crippen molar-refractivity contribution in [1.82, 2.24) is 4.90 Å². The standard InChI is InChI=1S/C9H15NO2S/c1-3-5-10(2)7-9-4-6-13(11,12)8-9/h1,9H,4-8H2,2H3. The number of terminal acetylenes is 1. The molecule has 0 aliphatic carbocycles. The van der Waals surface area contributed by atoms with E-state index in [9.17, 15) is 8.42 Å². The van der Waals surface area contributed by atoms with Crippen molar-refractivity contribution in [3.05, 3.63) is 0 Å². The van der Waals surface area contributed by atoms with Crippen LogP contribution >= 0.6 is 0 Å². The Balaban J connectivity index is 2.37. The zero-order chi connectivity index (χ0) is 9.90. The molecule has 74 valence electrons. The summed E-state index contributed by atoms with van der Waals surface area (Å²) in [5, 5.41) is 0. The van der Waals surface area contributed by atoms with E-state index in [1.807, 2.05) is 11.9 Å². The van der Waals surface area contributed by atoms with Crippen molar-refractivity contribution in [2.24, 2.45) is 5.92 Å². The summed E-state index contributed by atoms with van der Waals surface area (Å²) >= 11 is 0. The van der Waals surface area contributed by atoms with Crippen LogP contribution in [-0.4, -0.2) is 45.0 Å². The molecular weight excluding hydrogens is 186 g/mol. The van der Waals surface area contributed by atoms with Gasteiger partial charge in [0.05, 0.1) is 18.1 Å². The summed E-state index contributed by atoms with van der Waals surface area (Å²) in [5.41, 5.74) is 0. The van der Waals surface area contributed by atoms with Crippen LogP contribution in [0.3, 0.4) is 0 Å². The van der Waals surface area contributed by atoms with Gasteiger partial charge in [-0.25, -0.2) is 8.42 Å². The summed E-state index contributed by atoms with van der Waals surface area (Å²) < 4.78 is 22.2. The summed E-state index contributed by atoms with van der Waals surface area (Å²) in [6.45, 7) is 1.39. The van der Waals surface area contributed by atoms with Crippen LogP contribution in [0.15, 0.2) is 0 Å². The number of hydrogen-bond donors (Lipinski definition) is 0. The van der Waals surface area contributed by atoms with Crippen molar-refractivity contribution in [1.29, 1.82) is 0 Å². The molecule has 1 aliphatic rings. The average Bonchev–Trinajstić information content (AvgIpc) is 2.30. The Morgan fingerprint density at radius 2 is 2.31 bits per heavy atom. The molecule has 0 N–H and O–H groups in total. The van der Waals surface area contributed by atoms with Crippen molar-refractivity contribution >= 4 is 9.84 Å². The third-order valence-electron chi connectivity index (χ3n) is 2.26. The Kier molecular flexibility index (Phi) is 3.34. The molecule has 1 unspecified atom stereocenters. The van der Waals surface area contributed by atoms with Crippen LogP contribution in [-0.2, 0) is 9.84 Å². The molecule has 1 saturated heterocycles. The summed E-state index contributed by atoms with van der Waals surface area (Å²) in [6.07, 6.45) is 5.94. The maximum atomic E-state index is 11.1. The first-order chi connectivity index (χ1) is 6.03. The Morgan fingerprint density at radius 3 is 2.77 bits per heavy atom. The molecule has 1 heterocycles. The van der Waals surface area contributed by atoms with Crippen LogP contribution in [0, 0.1) is 18.3 Å². The highest BCUT2D eigenvalue weighted by Crippen LogP contribution is 2.18. The van der Waals surface area contributed by atoms with Gasteiger partial charge in [-0.3, -0.25) is 4.90 Å². The lowest BCUT2D eigenvalue weighted by atomic mass is 10.1. The first kappa shape index (κ1) is 10.6. The second-order valence-electron chi connectivity index (χ2n) is 3.67. The summed E-state index contributed by atoms with van der Waals surface area (Å²) in [6, 6.07) is 0. The molecule has 1 fully saturated rings. The highest BCUT2D eigenvalue weighted by Gasteiger charge is 2.28. The van der Waals surface area contributed by atoms with Gasteiger partial charge in [-0.05, 0) is 19.4 Å². The molecule has 4 heteroatoms. The lowest BCUT2D eigenvalue weighted by Gasteiger charge is -2.16. The van der Waals surface area contributed by atoms with Crippen LogP contribution in [0.5, 0.6) is 0 Å². The monoisotopic (exact) mass is 201 g/mol. The Morgan fingerprint density at radius 1 is 1.62 bits per heavy atom. The summed E-state index contributed by atoms with van der Waals surface area (Å²) in [7, 11) is -0.813. The van der Waals surface area contributed by atoms with E-state index in [4.69, 9.17) is 6.42 Å². The normalized spacial score (nSPS) is 26.1. The SMILES string of the molecule is C#CCN(C)CC1CCS(=O)(=O)C1. The molecule has 1 atom stereocenters. The van der Waals surface area contributed by atoms with Crippen molar-refractivity contribution in [2.75, 3.05) is 31.6 Å². The molecule has 0 spiro atoms. The lowest BCUT2D eigenvalue weighted by Crippen LogP contribution is -2.26. The predicted octanol–water partition coefficient (Wildman–Crippen LogP) is -0.0139. The van der Waals surface area contributed by atoms with Crippen LogP contribution < -0.4 is 0 Å². The number of rotatable bonds is 3. The van der Waals surface area contributed by atoms with Crippen LogP contribution in [0.1, 0.15) is 6.42 Å². The van der Waals surface area contributed by atoms with Gasteiger partial charge in [-0.15, -0.1) is 6.42 Å². The largest absolute Gasteiger partial charge is 0.295 e. The van der Waals surface area contributed by atoms with Crippen molar-refractivity contribution in [3.8, 4) is 12.3 Å². The molecule has 13 heavy (non-hydrogen) atoms. The van der Waals surface area contributed by atoms with Gasteiger partial charge in [-0.2, -0.15) is 0 Å². The summed E-state index contributed by atoms with van der Waals surface area (Å²) in [5.74, 6) is 3.50. The van der Waals surface area contributed by atoms with Gasteiger partial charge < -0.3 is 0 Å². The molecular formula is C9H15NO2S. The molecule has 0 aromatic heterocycles. The first-order valence-electron chi connectivity index (χ1n) is 4.36. The molecule has 0 aromatic rings. The van der Waals surface area contributed by atoms with E-state index in [0.29, 0.717) is 18.1 Å². The van der Waals surface area contributed by atoms with Gasteiger partial charge in [0.25, 0.3) is 0 Å². The minimum atomic E-state index is -2.73. The van der Waals surface area contributed by atoms with E-state index in [2.05, 4.69) is 5.92 Å². The van der Waals surface area contributed by atoms with E-state index in [1.54, 1.807) is 0 Å². The van der Waals surface area contributed by atoms with E-state index < -0.39 is 9.84 Å². The van der Waals surface area contributed by atoms with Crippen LogP contribution in [0.4, 0.5) is 0 Å². The fraction of sp³-hybridized carbons (Fsp3) is 0.778. The van der Waals surface area contributed by atoms with Gasteiger partial charge in [0.1, 0.15) is 0 Å². The highest BCUT2D eigenvalue weighted by molar-refractivity contribution is 7.91. The first-order valence-corrected chi connectivity index (χ1v) is 6.18. The topological polar surface area (TPSA) is 37.4 Å². The zero-order valence-corrected chi connectivity index (χ0v) is 8.68. The van der Waals surface area contributed by atoms with Crippen molar-refractivity contribution in [3.63, 3.8) is 0 Å². The fourth-order valence-corrected chi connectivity index (χ4v) is 3.53. The zero-order valence-electron chi connectivity index (χ0n) is 7.86. The Labute approximate surface area is 80.0 Å². The predicted molar refractivity (Wildman–Crippen MR) is 53.1 cm³/mol. The van der Waals surface area contributed by atoms with E-state index in [0.717, 1.165) is 13.0 Å². The smallest absolute Gasteiger partial charge is 0.150 e. The molecule has 0 aromatic carbocycles. The molecule has 0 amide bonds. The Bertz CT molecular complexity index is 302. The number of nitrogens with zero attached hydrogens (tertiary/aromatic N) is 1. The number of hydrogen-bond acceptors (Lipinski definition) is 3. The molecule has 0 radical (unpaired) electrons. The van der Waals surface area contributed by atoms with Crippen LogP contribution in [0.25, 0.3) is 0 Å². The average molecular weight is 201 g/mol. The van der Waals surface area contributed by atoms with Gasteiger partial charge in [0, 0.05) is 6.54 Å². The van der Waals surface area contributed by atoms with Gasteiger partial charge >= 0.3 is 0 Å². The van der Waals surface area contributed by atoms with Crippen molar-refractivity contribution in [2.45, 2.75) is 6.42 Å². The third kappa shape index (κ3) is 3.37. The maximum absolute atomic E-state index is 11.1. The number of sulfone groups is 1. The van der Waals surface area contributed by atoms with E-state index >= 15 is 0 Å². The minimum absolute atomic E-state index is 0.281. The van der Waals surface area contributed by atoms with Crippen molar-refractivity contribution < 1.29 is 8.42 Å². The molecule has 1 aliphatic heterocycles. The second-order valence-corrected chi connectivity index (χ2v) is 5.90. The van der Waals surface area contributed by atoms with E-state index in [-0.39, 0.29) is 5.92 Å². The Hall–Kier alpha value is -0.530. The molecule has 0 bridgehead atoms. The van der Waals surface area contributed by atoms with Gasteiger partial charge in [0.15, 0.2) is 9.84 Å². The molecule has 1 rings (SSSR count). The molecule has 0 saturated carbocycles. The summed E-state index contributed by atoms with van der Waals surface area (Å²) in [4.78, 5) is 1.99. The minimum Gasteiger partial charge on any atom is -0.295 e. The van der Waals surface area contributed by atoms with Gasteiger partial charge in [0.2, 0.25) is 0 Å².